The van der Waals surface area contributed by atoms with Crippen LogP contribution < -0.4 is 10.1 Å². The molecule has 0 aliphatic rings. The average molecular weight is 368 g/mol. The van der Waals surface area contributed by atoms with Crippen LogP contribution in [0.2, 0.25) is 0 Å². The molecule has 1 amide bonds. The highest BCUT2D eigenvalue weighted by molar-refractivity contribution is 7.98. The molecule has 0 fully saturated rings. The molecule has 2 aromatic carbocycles. The van der Waals surface area contributed by atoms with Crippen LogP contribution in [0.4, 0.5) is 5.69 Å². The molecule has 0 unspecified atom stereocenters. The molecule has 0 spiro atoms. The molecule has 1 N–H and O–H groups in total. The molecule has 0 aliphatic carbocycles. The fraction of sp³-hybridized carbons (Fsp3) is 0.200. The number of aryl methyl sites for hydroxylation is 1. The Bertz CT molecular complexity index is 875. The number of anilines is 1. The molecular weight excluding hydrogens is 348 g/mol. The minimum absolute atomic E-state index is 0.0625. The van der Waals surface area contributed by atoms with Crippen LogP contribution in [0, 0.1) is 0 Å². The van der Waals surface area contributed by atoms with E-state index in [4.69, 9.17) is 9.15 Å². The lowest BCUT2D eigenvalue weighted by atomic mass is 10.2. The summed E-state index contributed by atoms with van der Waals surface area (Å²) in [7, 11) is 1.63. The number of aromatic nitrogens is 1. The third-order valence-electron chi connectivity index (χ3n) is 3.85. The van der Waals surface area contributed by atoms with Crippen LogP contribution in [0.3, 0.4) is 0 Å². The van der Waals surface area contributed by atoms with Crippen molar-refractivity contribution in [2.75, 3.05) is 18.7 Å². The summed E-state index contributed by atoms with van der Waals surface area (Å²) in [4.78, 5) is 17.5. The second kappa shape index (κ2) is 8.58. The van der Waals surface area contributed by atoms with Crippen molar-refractivity contribution < 1.29 is 13.9 Å². The zero-order valence-electron chi connectivity index (χ0n) is 14.7. The average Bonchev–Trinajstić information content (AvgIpc) is 3.15. The molecule has 3 rings (SSSR count). The number of rotatable bonds is 7. The van der Waals surface area contributed by atoms with Gasteiger partial charge < -0.3 is 14.5 Å². The summed E-state index contributed by atoms with van der Waals surface area (Å²) in [6, 6.07) is 15.3. The van der Waals surface area contributed by atoms with Crippen LogP contribution in [-0.4, -0.2) is 24.3 Å². The summed E-state index contributed by atoms with van der Waals surface area (Å²) in [5, 5.41) is 2.90. The van der Waals surface area contributed by atoms with Gasteiger partial charge in [-0.05, 0) is 48.7 Å². The van der Waals surface area contributed by atoms with E-state index < -0.39 is 0 Å². The Morgan fingerprint density at radius 3 is 2.77 bits per heavy atom. The summed E-state index contributed by atoms with van der Waals surface area (Å²) in [6.07, 6.45) is 4.44. The van der Waals surface area contributed by atoms with Gasteiger partial charge >= 0.3 is 0 Å². The number of thioether (sulfide) groups is 1. The standard InChI is InChI=1S/C20H20N2O3S/c1-24-16-8-6-14(7-9-16)18-13-21-20(25-18)11-10-19(23)22-15-4-3-5-17(12-15)26-2/h3-9,12-13H,10-11H2,1-2H3,(H,22,23). The van der Waals surface area contributed by atoms with E-state index in [0.717, 1.165) is 21.9 Å². The summed E-state index contributed by atoms with van der Waals surface area (Å²) < 4.78 is 10.9. The lowest BCUT2D eigenvalue weighted by Crippen LogP contribution is -2.12. The number of amides is 1. The van der Waals surface area contributed by atoms with E-state index in [1.54, 1.807) is 25.1 Å². The molecule has 6 heteroatoms. The van der Waals surface area contributed by atoms with E-state index in [-0.39, 0.29) is 5.91 Å². The number of oxazole rings is 1. The van der Waals surface area contributed by atoms with Crippen molar-refractivity contribution in [1.82, 2.24) is 4.98 Å². The smallest absolute Gasteiger partial charge is 0.224 e. The van der Waals surface area contributed by atoms with Gasteiger partial charge in [-0.3, -0.25) is 4.79 Å². The Hall–Kier alpha value is -2.73. The molecule has 0 radical (unpaired) electrons. The third kappa shape index (κ3) is 4.67. The van der Waals surface area contributed by atoms with Crippen LogP contribution in [0.5, 0.6) is 5.75 Å². The lowest BCUT2D eigenvalue weighted by Gasteiger charge is -2.05. The Morgan fingerprint density at radius 2 is 2.04 bits per heavy atom. The minimum Gasteiger partial charge on any atom is -0.497 e. The SMILES string of the molecule is COc1ccc(-c2cnc(CCC(=O)Nc3cccc(SC)c3)o2)cc1. The first-order valence-electron chi connectivity index (χ1n) is 8.21. The van der Waals surface area contributed by atoms with Crippen LogP contribution in [-0.2, 0) is 11.2 Å². The molecule has 0 aliphatic heterocycles. The number of hydrogen-bond acceptors (Lipinski definition) is 5. The number of hydrogen-bond donors (Lipinski definition) is 1. The molecule has 1 aromatic heterocycles. The molecule has 134 valence electrons. The van der Waals surface area contributed by atoms with E-state index in [2.05, 4.69) is 10.3 Å². The molecule has 26 heavy (non-hydrogen) atoms. The van der Waals surface area contributed by atoms with Gasteiger partial charge in [-0.15, -0.1) is 11.8 Å². The Morgan fingerprint density at radius 1 is 1.23 bits per heavy atom. The number of nitrogens with one attached hydrogen (secondary N) is 1. The van der Waals surface area contributed by atoms with Gasteiger partial charge in [0.05, 0.1) is 13.3 Å². The molecule has 1 heterocycles. The third-order valence-corrected chi connectivity index (χ3v) is 4.57. The van der Waals surface area contributed by atoms with Crippen molar-refractivity contribution in [3.8, 4) is 17.1 Å². The van der Waals surface area contributed by atoms with Crippen LogP contribution in [0.15, 0.2) is 64.0 Å². The van der Waals surface area contributed by atoms with Crippen LogP contribution >= 0.6 is 11.8 Å². The normalized spacial score (nSPS) is 10.5. The van der Waals surface area contributed by atoms with Gasteiger partial charge in [0, 0.05) is 29.0 Å². The number of methoxy groups -OCH3 is 1. The maximum absolute atomic E-state index is 12.1. The van der Waals surface area contributed by atoms with Gasteiger partial charge in [-0.1, -0.05) is 6.07 Å². The van der Waals surface area contributed by atoms with E-state index in [9.17, 15) is 4.79 Å². The van der Waals surface area contributed by atoms with Crippen molar-refractivity contribution in [2.45, 2.75) is 17.7 Å². The maximum atomic E-state index is 12.1. The molecule has 3 aromatic rings. The number of carbonyl (C=O) groups excluding carboxylic acids is 1. The van der Waals surface area contributed by atoms with Crippen molar-refractivity contribution in [3.05, 3.63) is 60.6 Å². The number of benzene rings is 2. The van der Waals surface area contributed by atoms with E-state index >= 15 is 0 Å². The molecular formula is C20H20N2O3S. The molecule has 0 atom stereocenters. The second-order valence-corrected chi connectivity index (χ2v) is 6.51. The predicted molar refractivity (Wildman–Crippen MR) is 104 cm³/mol. The largest absolute Gasteiger partial charge is 0.497 e. The summed E-state index contributed by atoms with van der Waals surface area (Å²) in [6.45, 7) is 0. The van der Waals surface area contributed by atoms with E-state index in [0.29, 0.717) is 24.5 Å². The second-order valence-electron chi connectivity index (χ2n) is 5.63. The van der Waals surface area contributed by atoms with Gasteiger partial charge in [0.1, 0.15) is 5.75 Å². The zero-order valence-corrected chi connectivity index (χ0v) is 15.5. The molecule has 0 saturated heterocycles. The highest BCUT2D eigenvalue weighted by Crippen LogP contribution is 2.23. The maximum Gasteiger partial charge on any atom is 0.224 e. The van der Waals surface area contributed by atoms with Crippen molar-refractivity contribution in [2.24, 2.45) is 0 Å². The zero-order chi connectivity index (χ0) is 18.4. The molecule has 0 bridgehead atoms. The first-order valence-corrected chi connectivity index (χ1v) is 9.43. The Balaban J connectivity index is 1.56. The predicted octanol–water partition coefficient (Wildman–Crippen LogP) is 4.64. The Labute approximate surface area is 156 Å². The monoisotopic (exact) mass is 368 g/mol. The van der Waals surface area contributed by atoms with Gasteiger partial charge in [-0.2, -0.15) is 0 Å². The van der Waals surface area contributed by atoms with Gasteiger partial charge in [-0.25, -0.2) is 4.98 Å². The first-order chi connectivity index (χ1) is 12.7. The highest BCUT2D eigenvalue weighted by Gasteiger charge is 2.10. The minimum atomic E-state index is -0.0625. The summed E-state index contributed by atoms with van der Waals surface area (Å²) in [5.41, 5.74) is 1.72. The summed E-state index contributed by atoms with van der Waals surface area (Å²) in [5.74, 6) is 1.95. The van der Waals surface area contributed by atoms with Gasteiger partial charge in [0.15, 0.2) is 11.7 Å². The van der Waals surface area contributed by atoms with Gasteiger partial charge in [0.2, 0.25) is 5.91 Å². The fourth-order valence-electron chi connectivity index (χ4n) is 2.46. The highest BCUT2D eigenvalue weighted by atomic mass is 32.2. The van der Waals surface area contributed by atoms with Crippen LogP contribution in [0.1, 0.15) is 12.3 Å². The van der Waals surface area contributed by atoms with Crippen molar-refractivity contribution >= 4 is 23.4 Å². The van der Waals surface area contributed by atoms with Crippen LogP contribution in [0.25, 0.3) is 11.3 Å². The Kier molecular flexibility index (Phi) is 5.96. The summed E-state index contributed by atoms with van der Waals surface area (Å²) >= 11 is 1.64. The molecule has 5 nitrogen and oxygen atoms in total. The van der Waals surface area contributed by atoms with E-state index in [1.807, 2.05) is 54.8 Å². The quantitative estimate of drug-likeness (QED) is 0.615. The number of carbonyl (C=O) groups is 1. The topological polar surface area (TPSA) is 64.4 Å². The van der Waals surface area contributed by atoms with Gasteiger partial charge in [0.25, 0.3) is 0 Å². The number of ether oxygens (including phenoxy) is 1. The first kappa shape index (κ1) is 18.1. The fourth-order valence-corrected chi connectivity index (χ4v) is 2.92. The molecule has 0 saturated carbocycles. The van der Waals surface area contributed by atoms with Crippen molar-refractivity contribution in [1.29, 1.82) is 0 Å². The number of nitrogens with zero attached hydrogens (tertiary/aromatic N) is 1. The van der Waals surface area contributed by atoms with E-state index in [1.165, 1.54) is 0 Å². The lowest BCUT2D eigenvalue weighted by molar-refractivity contribution is -0.116. The van der Waals surface area contributed by atoms with Crippen molar-refractivity contribution in [3.63, 3.8) is 0 Å².